The van der Waals surface area contributed by atoms with Gasteiger partial charge in [-0.2, -0.15) is 5.11 Å². The van der Waals surface area contributed by atoms with Gasteiger partial charge >= 0.3 is 0 Å². The van der Waals surface area contributed by atoms with Gasteiger partial charge in [0, 0.05) is 27.1 Å². The Kier molecular flexibility index (Phi) is 3.68. The van der Waals surface area contributed by atoms with E-state index in [-0.39, 0.29) is 0 Å². The molecule has 7 heteroatoms. The number of fused-ring (bicyclic) bond motifs is 3. The third kappa shape index (κ3) is 2.69. The van der Waals surface area contributed by atoms with E-state index < -0.39 is 0 Å². The topological polar surface area (TPSA) is 74.0 Å². The maximum absolute atomic E-state index is 4.96. The van der Waals surface area contributed by atoms with Crippen LogP contribution in [0.5, 0.6) is 0 Å². The lowest BCUT2D eigenvalue weighted by atomic mass is 10.0. The Morgan fingerprint density at radius 3 is 2.88 bits per heavy atom. The van der Waals surface area contributed by atoms with Crippen LogP contribution in [0, 0.1) is 0 Å². The van der Waals surface area contributed by atoms with Crippen molar-refractivity contribution in [2.45, 2.75) is 18.9 Å². The first-order chi connectivity index (χ1) is 12.4. The van der Waals surface area contributed by atoms with Gasteiger partial charge in [0.2, 0.25) is 0 Å². The second-order valence-electron chi connectivity index (χ2n) is 6.46. The van der Waals surface area contributed by atoms with Crippen molar-refractivity contribution < 1.29 is 0 Å². The molecule has 0 aliphatic carbocycles. The van der Waals surface area contributed by atoms with Gasteiger partial charge in [-0.1, -0.05) is 12.1 Å². The molecule has 25 heavy (non-hydrogen) atoms. The molecule has 0 saturated carbocycles. The van der Waals surface area contributed by atoms with Gasteiger partial charge in [-0.25, -0.2) is 4.98 Å². The smallest absolute Gasteiger partial charge is 0.135 e. The first-order valence-electron chi connectivity index (χ1n) is 8.60. The molecule has 2 aromatic heterocycles. The Labute approximate surface area is 149 Å². The number of rotatable bonds is 3. The summed E-state index contributed by atoms with van der Waals surface area (Å²) in [4.78, 5) is 4.96. The van der Waals surface area contributed by atoms with Gasteiger partial charge < -0.3 is 10.6 Å². The number of hydrogen-bond donors (Lipinski definition) is 2. The summed E-state index contributed by atoms with van der Waals surface area (Å²) < 4.78 is 1.29. The number of nitrogens with one attached hydrogen (secondary N) is 2. The molecule has 5 rings (SSSR count). The lowest BCUT2D eigenvalue weighted by molar-refractivity contribution is 0.478. The van der Waals surface area contributed by atoms with Gasteiger partial charge in [-0.15, -0.1) is 16.4 Å². The predicted octanol–water partition coefficient (Wildman–Crippen LogP) is 3.78. The van der Waals surface area contributed by atoms with Crippen molar-refractivity contribution in [3.05, 3.63) is 35.2 Å². The monoisotopic (exact) mass is 350 g/mol. The molecule has 2 N–H and O–H groups in total. The van der Waals surface area contributed by atoms with Gasteiger partial charge in [0.25, 0.3) is 0 Å². The minimum Gasteiger partial charge on any atom is -0.367 e. The third-order valence-electron chi connectivity index (χ3n) is 4.86. The summed E-state index contributed by atoms with van der Waals surface area (Å²) in [5.74, 6) is 0.996. The molecule has 3 aromatic rings. The average Bonchev–Trinajstić information content (AvgIpc) is 3.34. The summed E-state index contributed by atoms with van der Waals surface area (Å²) in [5.41, 5.74) is 2.95. The van der Waals surface area contributed by atoms with Gasteiger partial charge in [0.05, 0.1) is 11.2 Å². The predicted molar refractivity (Wildman–Crippen MR) is 103 cm³/mol. The Bertz CT molecular complexity index is 999. The van der Waals surface area contributed by atoms with Gasteiger partial charge in [0.1, 0.15) is 12.4 Å². The fourth-order valence-corrected chi connectivity index (χ4v) is 4.45. The van der Waals surface area contributed by atoms with Crippen LogP contribution in [-0.2, 0) is 0 Å². The van der Waals surface area contributed by atoms with E-state index in [9.17, 15) is 0 Å². The Hall–Kier alpha value is -2.38. The Morgan fingerprint density at radius 2 is 2.04 bits per heavy atom. The van der Waals surface area contributed by atoms with Crippen LogP contribution in [0.1, 0.15) is 18.4 Å². The minimum absolute atomic E-state index is 0.481. The van der Waals surface area contributed by atoms with Crippen LogP contribution in [0.25, 0.3) is 21.0 Å². The molecule has 1 aromatic carbocycles. The molecule has 1 saturated heterocycles. The van der Waals surface area contributed by atoms with Crippen molar-refractivity contribution >= 4 is 43.9 Å². The summed E-state index contributed by atoms with van der Waals surface area (Å²) in [5, 5.41) is 23.4. The zero-order valence-electron chi connectivity index (χ0n) is 13.7. The lowest BCUT2D eigenvalue weighted by Crippen LogP contribution is -2.35. The highest BCUT2D eigenvalue weighted by Gasteiger charge is 2.17. The SMILES string of the molecule is c1cc2c(NC3CCNCC3)nc3cc(C4=NN=NC4)ccc3c2s1. The summed E-state index contributed by atoms with van der Waals surface area (Å²) in [6.45, 7) is 2.68. The molecule has 126 valence electrons. The third-order valence-corrected chi connectivity index (χ3v) is 5.81. The van der Waals surface area contributed by atoms with Crippen molar-refractivity contribution in [1.29, 1.82) is 0 Å². The zero-order chi connectivity index (χ0) is 16.6. The second kappa shape index (κ2) is 6.16. The lowest BCUT2D eigenvalue weighted by Gasteiger charge is -2.24. The first kappa shape index (κ1) is 14.9. The van der Waals surface area contributed by atoms with Crippen LogP contribution < -0.4 is 10.6 Å². The van der Waals surface area contributed by atoms with Crippen LogP contribution >= 0.6 is 11.3 Å². The minimum atomic E-state index is 0.481. The van der Waals surface area contributed by atoms with Crippen molar-refractivity contribution in [1.82, 2.24) is 10.3 Å². The number of benzene rings is 1. The molecule has 2 aliphatic heterocycles. The van der Waals surface area contributed by atoms with Crippen LogP contribution in [0.4, 0.5) is 5.82 Å². The molecule has 0 atom stereocenters. The number of pyridine rings is 1. The van der Waals surface area contributed by atoms with E-state index >= 15 is 0 Å². The molecular formula is C18H18N6S. The number of nitrogens with zero attached hydrogens (tertiary/aromatic N) is 4. The molecular weight excluding hydrogens is 332 g/mol. The molecule has 1 fully saturated rings. The van der Waals surface area contributed by atoms with E-state index in [2.05, 4.69) is 55.7 Å². The van der Waals surface area contributed by atoms with E-state index in [0.29, 0.717) is 12.6 Å². The van der Waals surface area contributed by atoms with Crippen LogP contribution in [0.3, 0.4) is 0 Å². The number of anilines is 1. The molecule has 0 amide bonds. The quantitative estimate of drug-likeness (QED) is 0.755. The maximum Gasteiger partial charge on any atom is 0.135 e. The van der Waals surface area contributed by atoms with E-state index in [1.54, 1.807) is 11.3 Å². The maximum atomic E-state index is 4.96. The van der Waals surface area contributed by atoms with E-state index in [1.807, 2.05) is 0 Å². The van der Waals surface area contributed by atoms with Gasteiger partial charge in [-0.05, 0) is 48.7 Å². The molecule has 0 radical (unpaired) electrons. The average molecular weight is 350 g/mol. The summed E-state index contributed by atoms with van der Waals surface area (Å²) in [7, 11) is 0. The fourth-order valence-electron chi connectivity index (χ4n) is 3.52. The molecule has 6 nitrogen and oxygen atoms in total. The van der Waals surface area contributed by atoms with Crippen molar-refractivity contribution in [3.63, 3.8) is 0 Å². The van der Waals surface area contributed by atoms with Crippen LogP contribution in [0.15, 0.2) is 45.1 Å². The molecule has 0 bridgehead atoms. The van der Waals surface area contributed by atoms with E-state index in [4.69, 9.17) is 4.98 Å². The standard InChI is InChI=1S/C18H18N6S/c1-2-13-15(9-11(1)16-10-20-24-23-16)22-18(14-5-8-25-17(13)14)21-12-3-6-19-7-4-12/h1-2,5,8-9,12,19H,3-4,6-7,10H2,(H,21,22). The Balaban J connectivity index is 1.60. The fraction of sp³-hybridized carbons (Fsp3) is 0.333. The number of aromatic nitrogens is 1. The largest absolute Gasteiger partial charge is 0.367 e. The van der Waals surface area contributed by atoms with Gasteiger partial charge in [-0.3, -0.25) is 0 Å². The van der Waals surface area contributed by atoms with Crippen molar-refractivity contribution in [2.24, 2.45) is 15.4 Å². The Morgan fingerprint density at radius 1 is 1.12 bits per heavy atom. The van der Waals surface area contributed by atoms with E-state index in [0.717, 1.165) is 48.5 Å². The number of piperidine rings is 1. The number of thiophene rings is 1. The molecule has 4 heterocycles. The van der Waals surface area contributed by atoms with E-state index in [1.165, 1.54) is 15.5 Å². The van der Waals surface area contributed by atoms with Crippen LogP contribution in [-0.4, -0.2) is 36.4 Å². The summed E-state index contributed by atoms with van der Waals surface area (Å²) in [6, 6.07) is 9.00. The summed E-state index contributed by atoms with van der Waals surface area (Å²) in [6.07, 6.45) is 2.26. The molecule has 0 unspecified atom stereocenters. The van der Waals surface area contributed by atoms with Crippen molar-refractivity contribution in [3.8, 4) is 0 Å². The highest BCUT2D eigenvalue weighted by Crippen LogP contribution is 2.34. The normalized spacial score (nSPS) is 18.2. The molecule has 0 spiro atoms. The number of hydrogen-bond acceptors (Lipinski definition) is 7. The van der Waals surface area contributed by atoms with Crippen LogP contribution in [0.2, 0.25) is 0 Å². The summed E-state index contributed by atoms with van der Waals surface area (Å²) >= 11 is 1.77. The van der Waals surface area contributed by atoms with Gasteiger partial charge in [0.15, 0.2) is 0 Å². The first-order valence-corrected chi connectivity index (χ1v) is 9.48. The zero-order valence-corrected chi connectivity index (χ0v) is 14.5. The molecule has 2 aliphatic rings. The van der Waals surface area contributed by atoms with Crippen molar-refractivity contribution in [2.75, 3.05) is 25.0 Å². The second-order valence-corrected chi connectivity index (χ2v) is 7.38. The highest BCUT2D eigenvalue weighted by molar-refractivity contribution is 7.18. The highest BCUT2D eigenvalue weighted by atomic mass is 32.1.